The molecule has 2 aromatic heterocycles. The molecule has 0 saturated heterocycles. The lowest BCUT2D eigenvalue weighted by Crippen LogP contribution is -2.18. The number of aryl methyl sites for hydroxylation is 1. The first-order chi connectivity index (χ1) is 10.9. The number of carbonyl (C=O) groups excluding carboxylic acids is 1. The standard InChI is InChI=1S/C13H14F3N5O2/c1-20-10(18-19-12(20)13(14,15)16)7-23-11(22)8-6-17-9-4-2-3-5-21(8)9/h6H,2-5,7H2,1H3. The van der Waals surface area contributed by atoms with Crippen LogP contribution in [-0.4, -0.2) is 30.3 Å². The highest BCUT2D eigenvalue weighted by molar-refractivity contribution is 5.87. The average molecular weight is 329 g/mol. The van der Waals surface area contributed by atoms with Crippen molar-refractivity contribution in [2.75, 3.05) is 0 Å². The molecule has 0 N–H and O–H groups in total. The Morgan fingerprint density at radius 2 is 2.13 bits per heavy atom. The Morgan fingerprint density at radius 1 is 1.35 bits per heavy atom. The molecule has 7 nitrogen and oxygen atoms in total. The number of alkyl halides is 3. The summed E-state index contributed by atoms with van der Waals surface area (Å²) in [4.78, 5) is 16.3. The number of carbonyl (C=O) groups is 1. The van der Waals surface area contributed by atoms with E-state index in [1.54, 1.807) is 4.57 Å². The van der Waals surface area contributed by atoms with E-state index in [0.717, 1.165) is 29.7 Å². The highest BCUT2D eigenvalue weighted by atomic mass is 19.4. The Bertz CT molecular complexity index is 735. The van der Waals surface area contributed by atoms with E-state index in [1.807, 2.05) is 0 Å². The summed E-state index contributed by atoms with van der Waals surface area (Å²) in [6.07, 6.45) is -0.409. The Hall–Kier alpha value is -2.39. The molecule has 0 aliphatic carbocycles. The number of aromatic nitrogens is 5. The summed E-state index contributed by atoms with van der Waals surface area (Å²) in [5, 5.41) is 6.49. The van der Waals surface area contributed by atoms with Crippen LogP contribution in [0, 0.1) is 0 Å². The van der Waals surface area contributed by atoms with E-state index in [-0.39, 0.29) is 12.4 Å². The van der Waals surface area contributed by atoms with Crippen LogP contribution in [0.2, 0.25) is 0 Å². The third-order valence-corrected chi connectivity index (χ3v) is 3.73. The molecule has 23 heavy (non-hydrogen) atoms. The number of nitrogens with zero attached hydrogens (tertiary/aromatic N) is 5. The van der Waals surface area contributed by atoms with Gasteiger partial charge in [-0.3, -0.25) is 0 Å². The molecule has 2 aromatic rings. The first-order valence-corrected chi connectivity index (χ1v) is 7.05. The minimum Gasteiger partial charge on any atom is -0.453 e. The third kappa shape index (κ3) is 2.92. The number of ether oxygens (including phenoxy) is 1. The van der Waals surface area contributed by atoms with Gasteiger partial charge in [-0.25, -0.2) is 9.78 Å². The van der Waals surface area contributed by atoms with Crippen LogP contribution in [0.4, 0.5) is 13.2 Å². The van der Waals surface area contributed by atoms with Crippen LogP contribution in [0.3, 0.4) is 0 Å². The zero-order chi connectivity index (χ0) is 16.6. The van der Waals surface area contributed by atoms with Gasteiger partial charge in [-0.1, -0.05) is 0 Å². The Kier molecular flexibility index (Phi) is 3.82. The van der Waals surface area contributed by atoms with Gasteiger partial charge < -0.3 is 13.9 Å². The van der Waals surface area contributed by atoms with Gasteiger partial charge in [0.05, 0.1) is 6.20 Å². The predicted molar refractivity (Wildman–Crippen MR) is 70.3 cm³/mol. The summed E-state index contributed by atoms with van der Waals surface area (Å²) in [7, 11) is 1.17. The molecule has 1 aliphatic rings. The molecule has 0 radical (unpaired) electrons. The zero-order valence-electron chi connectivity index (χ0n) is 12.3. The number of imidazole rings is 1. The second kappa shape index (κ2) is 5.67. The van der Waals surface area contributed by atoms with Gasteiger partial charge in [0.2, 0.25) is 5.82 Å². The zero-order valence-corrected chi connectivity index (χ0v) is 12.3. The number of hydrogen-bond acceptors (Lipinski definition) is 5. The molecule has 0 saturated carbocycles. The fourth-order valence-corrected chi connectivity index (χ4v) is 2.52. The summed E-state index contributed by atoms with van der Waals surface area (Å²) in [5.74, 6) is -1.03. The second-order valence-corrected chi connectivity index (χ2v) is 5.24. The summed E-state index contributed by atoms with van der Waals surface area (Å²) in [6, 6.07) is 0. The van der Waals surface area contributed by atoms with Crippen molar-refractivity contribution in [3.05, 3.63) is 29.4 Å². The van der Waals surface area contributed by atoms with Crippen LogP contribution < -0.4 is 0 Å². The first-order valence-electron chi connectivity index (χ1n) is 7.05. The normalized spacial score (nSPS) is 14.6. The van der Waals surface area contributed by atoms with Crippen molar-refractivity contribution in [2.24, 2.45) is 7.05 Å². The Labute approximate surface area is 129 Å². The monoisotopic (exact) mass is 329 g/mol. The summed E-state index contributed by atoms with van der Waals surface area (Å²) >= 11 is 0. The van der Waals surface area contributed by atoms with E-state index >= 15 is 0 Å². The number of hydrogen-bond donors (Lipinski definition) is 0. The summed E-state index contributed by atoms with van der Waals surface area (Å²) in [6.45, 7) is 0.293. The lowest BCUT2D eigenvalue weighted by atomic mass is 10.2. The van der Waals surface area contributed by atoms with Crippen LogP contribution in [0.5, 0.6) is 0 Å². The molecule has 0 aromatic carbocycles. The van der Waals surface area contributed by atoms with Gasteiger partial charge in [-0.2, -0.15) is 13.2 Å². The minimum atomic E-state index is -4.60. The molecule has 10 heteroatoms. The molecule has 3 rings (SSSR count). The lowest BCUT2D eigenvalue weighted by Gasteiger charge is -2.15. The number of halogens is 3. The molecule has 0 fully saturated rings. The largest absolute Gasteiger partial charge is 0.453 e. The van der Waals surface area contributed by atoms with E-state index in [9.17, 15) is 18.0 Å². The summed E-state index contributed by atoms with van der Waals surface area (Å²) < 4.78 is 45.5. The Morgan fingerprint density at radius 3 is 2.83 bits per heavy atom. The van der Waals surface area contributed by atoms with Crippen molar-refractivity contribution in [1.29, 1.82) is 0 Å². The third-order valence-electron chi connectivity index (χ3n) is 3.73. The van der Waals surface area contributed by atoms with Gasteiger partial charge in [-0.05, 0) is 12.8 Å². The summed E-state index contributed by atoms with van der Waals surface area (Å²) in [5.41, 5.74) is 0.304. The van der Waals surface area contributed by atoms with Crippen LogP contribution in [0.25, 0.3) is 0 Å². The van der Waals surface area contributed by atoms with Crippen LogP contribution in [0.1, 0.15) is 40.8 Å². The van der Waals surface area contributed by atoms with Crippen molar-refractivity contribution in [3.63, 3.8) is 0 Å². The maximum Gasteiger partial charge on any atom is 0.451 e. The Balaban J connectivity index is 1.70. The fourth-order valence-electron chi connectivity index (χ4n) is 2.52. The van der Waals surface area contributed by atoms with Gasteiger partial charge in [-0.15, -0.1) is 10.2 Å². The smallest absolute Gasteiger partial charge is 0.451 e. The molecule has 124 valence electrons. The fraction of sp³-hybridized carbons (Fsp3) is 0.538. The van der Waals surface area contributed by atoms with E-state index in [1.165, 1.54) is 13.2 Å². The van der Waals surface area contributed by atoms with Gasteiger partial charge in [0, 0.05) is 20.0 Å². The second-order valence-electron chi connectivity index (χ2n) is 5.24. The number of esters is 1. The van der Waals surface area contributed by atoms with Crippen molar-refractivity contribution < 1.29 is 22.7 Å². The average Bonchev–Trinajstić information content (AvgIpc) is 3.08. The van der Waals surface area contributed by atoms with Crippen molar-refractivity contribution in [1.82, 2.24) is 24.3 Å². The van der Waals surface area contributed by atoms with E-state index < -0.39 is 18.0 Å². The topological polar surface area (TPSA) is 74.8 Å². The predicted octanol–water partition coefficient (Wildman–Crippen LogP) is 1.72. The van der Waals surface area contributed by atoms with Gasteiger partial charge in [0.25, 0.3) is 0 Å². The number of fused-ring (bicyclic) bond motifs is 1. The van der Waals surface area contributed by atoms with E-state index in [0.29, 0.717) is 12.2 Å². The molecular weight excluding hydrogens is 315 g/mol. The van der Waals surface area contributed by atoms with E-state index in [4.69, 9.17) is 4.74 Å². The SMILES string of the molecule is Cn1c(COC(=O)c2cnc3n2CCCC3)nnc1C(F)(F)F. The molecule has 0 atom stereocenters. The highest BCUT2D eigenvalue weighted by Crippen LogP contribution is 2.27. The maximum absolute atomic E-state index is 12.6. The molecule has 3 heterocycles. The maximum atomic E-state index is 12.6. The highest BCUT2D eigenvalue weighted by Gasteiger charge is 2.37. The first kappa shape index (κ1) is 15.5. The van der Waals surface area contributed by atoms with E-state index in [2.05, 4.69) is 15.2 Å². The number of rotatable bonds is 3. The van der Waals surface area contributed by atoms with Crippen LogP contribution in [-0.2, 0) is 37.5 Å². The van der Waals surface area contributed by atoms with Crippen LogP contribution >= 0.6 is 0 Å². The van der Waals surface area contributed by atoms with Crippen molar-refractivity contribution >= 4 is 5.97 Å². The van der Waals surface area contributed by atoms with Gasteiger partial charge >= 0.3 is 12.1 Å². The molecule has 0 bridgehead atoms. The quantitative estimate of drug-likeness (QED) is 0.802. The molecule has 0 unspecified atom stereocenters. The molecular formula is C13H14F3N5O2. The van der Waals surface area contributed by atoms with Gasteiger partial charge in [0.15, 0.2) is 12.4 Å². The minimum absolute atomic E-state index is 0.0796. The lowest BCUT2D eigenvalue weighted by molar-refractivity contribution is -0.147. The molecule has 0 spiro atoms. The molecule has 0 amide bonds. The van der Waals surface area contributed by atoms with Gasteiger partial charge in [0.1, 0.15) is 11.5 Å². The van der Waals surface area contributed by atoms with Crippen molar-refractivity contribution in [3.8, 4) is 0 Å². The van der Waals surface area contributed by atoms with Crippen LogP contribution in [0.15, 0.2) is 6.20 Å². The molecule has 1 aliphatic heterocycles. The van der Waals surface area contributed by atoms with Crippen molar-refractivity contribution in [2.45, 2.75) is 38.6 Å².